The van der Waals surface area contributed by atoms with Gasteiger partial charge in [-0.05, 0) is 32.6 Å². The summed E-state index contributed by atoms with van der Waals surface area (Å²) in [5, 5.41) is 10.0. The Balaban J connectivity index is 1.80. The molecule has 0 aliphatic heterocycles. The number of carbonyl (C=O) groups is 1. The molecule has 0 aliphatic carbocycles. The van der Waals surface area contributed by atoms with E-state index in [2.05, 4.69) is 20.5 Å². The zero-order chi connectivity index (χ0) is 17.8. The molecular formula is C19H21N5O. The second-order valence-electron chi connectivity index (χ2n) is 6.21. The van der Waals surface area contributed by atoms with Gasteiger partial charge in [0, 0.05) is 23.9 Å². The highest BCUT2D eigenvalue weighted by molar-refractivity contribution is 6.04. The first kappa shape index (κ1) is 16.9. The number of hydrogen-bond donors (Lipinski definition) is 2. The Hall–Kier alpha value is -2.99. The number of benzene rings is 1. The maximum atomic E-state index is 12.6. The third kappa shape index (κ3) is 3.92. The minimum atomic E-state index is -0.226. The molecule has 1 amide bonds. The molecule has 0 unspecified atom stereocenters. The van der Waals surface area contributed by atoms with Crippen LogP contribution in [0.5, 0.6) is 0 Å². The third-order valence-electron chi connectivity index (χ3n) is 3.84. The molecule has 2 heterocycles. The van der Waals surface area contributed by atoms with Crippen LogP contribution in [0.15, 0.2) is 48.8 Å². The molecule has 0 bridgehead atoms. The number of pyridine rings is 1. The average molecular weight is 335 g/mol. The van der Waals surface area contributed by atoms with Crippen molar-refractivity contribution in [1.29, 1.82) is 0 Å². The molecule has 0 spiro atoms. The summed E-state index contributed by atoms with van der Waals surface area (Å²) in [5.74, 6) is -0.226. The molecular weight excluding hydrogens is 314 g/mol. The van der Waals surface area contributed by atoms with Crippen LogP contribution in [-0.4, -0.2) is 40.1 Å². The van der Waals surface area contributed by atoms with Crippen molar-refractivity contribution in [2.75, 3.05) is 19.4 Å². The lowest BCUT2D eigenvalue weighted by Gasteiger charge is -2.10. The second-order valence-corrected chi connectivity index (χ2v) is 6.21. The van der Waals surface area contributed by atoms with E-state index < -0.39 is 0 Å². The van der Waals surface area contributed by atoms with E-state index in [0.717, 1.165) is 28.9 Å². The Morgan fingerprint density at radius 2 is 1.96 bits per heavy atom. The molecule has 0 atom stereocenters. The lowest BCUT2D eigenvalue weighted by Crippen LogP contribution is -2.15. The van der Waals surface area contributed by atoms with Gasteiger partial charge < -0.3 is 10.2 Å². The largest absolute Gasteiger partial charge is 0.319 e. The molecule has 0 radical (unpaired) electrons. The van der Waals surface area contributed by atoms with Gasteiger partial charge in [-0.3, -0.25) is 14.9 Å². The highest BCUT2D eigenvalue weighted by Gasteiger charge is 2.17. The summed E-state index contributed by atoms with van der Waals surface area (Å²) in [4.78, 5) is 18.8. The van der Waals surface area contributed by atoms with E-state index in [0.29, 0.717) is 11.4 Å². The van der Waals surface area contributed by atoms with Crippen molar-refractivity contribution in [2.45, 2.75) is 13.5 Å². The van der Waals surface area contributed by atoms with E-state index in [1.165, 1.54) is 0 Å². The van der Waals surface area contributed by atoms with Crippen molar-refractivity contribution < 1.29 is 4.79 Å². The van der Waals surface area contributed by atoms with Crippen LogP contribution in [0.2, 0.25) is 0 Å². The van der Waals surface area contributed by atoms with Gasteiger partial charge in [-0.2, -0.15) is 5.10 Å². The van der Waals surface area contributed by atoms with Gasteiger partial charge in [0.2, 0.25) is 0 Å². The monoisotopic (exact) mass is 335 g/mol. The van der Waals surface area contributed by atoms with Crippen molar-refractivity contribution in [3.8, 4) is 11.3 Å². The van der Waals surface area contributed by atoms with E-state index in [4.69, 9.17) is 0 Å². The van der Waals surface area contributed by atoms with Crippen molar-refractivity contribution >= 4 is 11.6 Å². The predicted octanol–water partition coefficient (Wildman–Crippen LogP) is 3.09. The minimum absolute atomic E-state index is 0.226. The van der Waals surface area contributed by atoms with Crippen LogP contribution in [0.4, 0.5) is 5.69 Å². The predicted molar refractivity (Wildman–Crippen MR) is 98.3 cm³/mol. The maximum Gasteiger partial charge on any atom is 0.274 e. The fourth-order valence-electron chi connectivity index (χ4n) is 2.70. The molecule has 25 heavy (non-hydrogen) atoms. The number of rotatable bonds is 5. The maximum absolute atomic E-state index is 12.6. The summed E-state index contributed by atoms with van der Waals surface area (Å²) >= 11 is 0. The van der Waals surface area contributed by atoms with Gasteiger partial charge in [0.05, 0.1) is 17.6 Å². The normalized spacial score (nSPS) is 10.9. The Labute approximate surface area is 146 Å². The molecule has 2 N–H and O–H groups in total. The zero-order valence-electron chi connectivity index (χ0n) is 14.6. The molecule has 3 rings (SSSR count). The zero-order valence-corrected chi connectivity index (χ0v) is 14.6. The van der Waals surface area contributed by atoms with Crippen molar-refractivity contribution in [3.05, 3.63) is 65.6 Å². The fourth-order valence-corrected chi connectivity index (χ4v) is 2.70. The minimum Gasteiger partial charge on any atom is -0.319 e. The number of nitrogens with zero attached hydrogens (tertiary/aromatic N) is 3. The van der Waals surface area contributed by atoms with Gasteiger partial charge in [-0.25, -0.2) is 0 Å². The lowest BCUT2D eigenvalue weighted by atomic mass is 10.1. The first-order valence-corrected chi connectivity index (χ1v) is 8.05. The number of aromatic nitrogens is 3. The van der Waals surface area contributed by atoms with E-state index in [1.54, 1.807) is 12.4 Å². The van der Waals surface area contributed by atoms with E-state index in [1.807, 2.05) is 62.3 Å². The van der Waals surface area contributed by atoms with Crippen molar-refractivity contribution in [3.63, 3.8) is 0 Å². The van der Waals surface area contributed by atoms with E-state index >= 15 is 0 Å². The quantitative estimate of drug-likeness (QED) is 0.751. The number of H-pyrrole nitrogens is 1. The smallest absolute Gasteiger partial charge is 0.274 e. The van der Waals surface area contributed by atoms with Crippen LogP contribution < -0.4 is 5.32 Å². The van der Waals surface area contributed by atoms with E-state index in [9.17, 15) is 4.79 Å². The summed E-state index contributed by atoms with van der Waals surface area (Å²) in [6.45, 7) is 2.65. The summed E-state index contributed by atoms with van der Waals surface area (Å²) in [6.07, 6.45) is 3.44. The molecule has 2 aromatic heterocycles. The third-order valence-corrected chi connectivity index (χ3v) is 3.84. The second kappa shape index (κ2) is 7.27. The Bertz CT molecular complexity index is 871. The molecule has 1 aromatic carbocycles. The number of carbonyl (C=O) groups excluding carboxylic acids is 1. The first-order valence-electron chi connectivity index (χ1n) is 8.05. The van der Waals surface area contributed by atoms with Crippen LogP contribution in [0, 0.1) is 6.92 Å². The van der Waals surface area contributed by atoms with Gasteiger partial charge in [-0.1, -0.05) is 30.3 Å². The summed E-state index contributed by atoms with van der Waals surface area (Å²) in [7, 11) is 3.98. The van der Waals surface area contributed by atoms with Gasteiger partial charge in [0.25, 0.3) is 5.91 Å². The lowest BCUT2D eigenvalue weighted by molar-refractivity contribution is 0.102. The molecule has 0 fully saturated rings. The van der Waals surface area contributed by atoms with Gasteiger partial charge in [0.15, 0.2) is 0 Å². The molecule has 128 valence electrons. The van der Waals surface area contributed by atoms with Crippen LogP contribution in [-0.2, 0) is 6.54 Å². The number of amides is 1. The summed E-state index contributed by atoms with van der Waals surface area (Å²) < 4.78 is 0. The Morgan fingerprint density at radius 1 is 1.20 bits per heavy atom. The molecule has 0 saturated heterocycles. The van der Waals surface area contributed by atoms with Gasteiger partial charge in [0.1, 0.15) is 5.69 Å². The van der Waals surface area contributed by atoms with E-state index in [-0.39, 0.29) is 5.91 Å². The van der Waals surface area contributed by atoms with Crippen LogP contribution in [0.1, 0.15) is 21.6 Å². The van der Waals surface area contributed by atoms with Crippen LogP contribution >= 0.6 is 0 Å². The van der Waals surface area contributed by atoms with Gasteiger partial charge in [-0.15, -0.1) is 0 Å². The SMILES string of the molecule is Cc1c(-c2ccccc2)n[nH]c1C(=O)Nc1cncc(CN(C)C)c1. The first-order chi connectivity index (χ1) is 12.0. The molecule has 6 heteroatoms. The molecule has 3 aromatic rings. The van der Waals surface area contributed by atoms with Crippen LogP contribution in [0.25, 0.3) is 11.3 Å². The topological polar surface area (TPSA) is 73.9 Å². The molecule has 0 saturated carbocycles. The van der Waals surface area contributed by atoms with Gasteiger partial charge >= 0.3 is 0 Å². The van der Waals surface area contributed by atoms with Crippen molar-refractivity contribution in [1.82, 2.24) is 20.1 Å². The standard InChI is InChI=1S/C19H21N5O/c1-13-17(15-7-5-4-6-8-15)22-23-18(13)19(25)21-16-9-14(10-20-11-16)12-24(2)3/h4-11H,12H2,1-3H3,(H,21,25)(H,22,23). The highest BCUT2D eigenvalue weighted by atomic mass is 16.1. The number of aromatic amines is 1. The summed E-state index contributed by atoms with van der Waals surface area (Å²) in [6, 6.07) is 11.7. The Kier molecular flexibility index (Phi) is 4.90. The Morgan fingerprint density at radius 3 is 2.68 bits per heavy atom. The van der Waals surface area contributed by atoms with Crippen molar-refractivity contribution in [2.24, 2.45) is 0 Å². The highest BCUT2D eigenvalue weighted by Crippen LogP contribution is 2.23. The average Bonchev–Trinajstić information content (AvgIpc) is 2.97. The van der Waals surface area contributed by atoms with Crippen LogP contribution in [0.3, 0.4) is 0 Å². The number of anilines is 1. The number of nitrogens with one attached hydrogen (secondary N) is 2. The number of hydrogen-bond acceptors (Lipinski definition) is 4. The summed E-state index contributed by atoms with van der Waals surface area (Å²) in [5.41, 5.74) is 4.74. The molecule has 6 nitrogen and oxygen atoms in total. The molecule has 0 aliphatic rings. The fraction of sp³-hybridized carbons (Fsp3) is 0.211.